The Bertz CT molecular complexity index is 468. The van der Waals surface area contributed by atoms with E-state index in [-0.39, 0.29) is 17.3 Å². The second-order valence-corrected chi connectivity index (χ2v) is 4.07. The van der Waals surface area contributed by atoms with Crippen LogP contribution in [0.1, 0.15) is 49.4 Å². The molecule has 1 aromatic heterocycles. The summed E-state index contributed by atoms with van der Waals surface area (Å²) >= 11 is 0. The molecule has 0 aromatic carbocycles. The summed E-state index contributed by atoms with van der Waals surface area (Å²) in [5, 5.41) is 21.9. The van der Waals surface area contributed by atoms with E-state index in [1.165, 1.54) is 6.42 Å². The van der Waals surface area contributed by atoms with Gasteiger partial charge < -0.3 is 5.73 Å². The predicted octanol–water partition coefficient (Wildman–Crippen LogP) is 1.71. The summed E-state index contributed by atoms with van der Waals surface area (Å²) in [6, 6.07) is 4.11. The maximum atomic E-state index is 8.91. The van der Waals surface area contributed by atoms with Crippen LogP contribution in [-0.2, 0) is 0 Å². The van der Waals surface area contributed by atoms with Crippen molar-refractivity contribution >= 4 is 5.82 Å². The number of nitriles is 2. The van der Waals surface area contributed by atoms with E-state index in [4.69, 9.17) is 16.3 Å². The van der Waals surface area contributed by atoms with Crippen LogP contribution in [0.4, 0.5) is 5.82 Å². The third kappa shape index (κ3) is 1.61. The van der Waals surface area contributed by atoms with Crippen molar-refractivity contribution in [2.24, 2.45) is 0 Å². The second-order valence-electron chi connectivity index (χ2n) is 4.07. The average molecular weight is 215 g/mol. The summed E-state index contributed by atoms with van der Waals surface area (Å²) in [4.78, 5) is 0. The maximum absolute atomic E-state index is 8.91. The summed E-state index contributed by atoms with van der Waals surface area (Å²) in [5.74, 6) is 0.339. The molecule has 1 aliphatic rings. The van der Waals surface area contributed by atoms with E-state index in [1.54, 1.807) is 4.68 Å². The van der Waals surface area contributed by atoms with Crippen molar-refractivity contribution in [3.63, 3.8) is 0 Å². The van der Waals surface area contributed by atoms with Crippen LogP contribution >= 0.6 is 0 Å². The molecule has 1 aromatic rings. The second kappa shape index (κ2) is 4.24. The van der Waals surface area contributed by atoms with E-state index in [0.717, 1.165) is 25.7 Å². The maximum Gasteiger partial charge on any atom is 0.182 e. The zero-order valence-corrected chi connectivity index (χ0v) is 8.98. The molecule has 82 valence electrons. The molecule has 0 bridgehead atoms. The summed E-state index contributed by atoms with van der Waals surface area (Å²) in [6.07, 6.45) is 5.62. The molecule has 0 spiro atoms. The van der Waals surface area contributed by atoms with Crippen molar-refractivity contribution in [2.75, 3.05) is 5.73 Å². The number of hydrogen-bond acceptors (Lipinski definition) is 4. The zero-order chi connectivity index (χ0) is 11.5. The minimum atomic E-state index is 0.144. The smallest absolute Gasteiger partial charge is 0.182 e. The van der Waals surface area contributed by atoms with Gasteiger partial charge in [0.15, 0.2) is 5.69 Å². The van der Waals surface area contributed by atoms with Gasteiger partial charge in [0.1, 0.15) is 23.5 Å². The number of anilines is 1. The van der Waals surface area contributed by atoms with Gasteiger partial charge in [0.05, 0.1) is 6.04 Å². The molecule has 1 aliphatic carbocycles. The van der Waals surface area contributed by atoms with Gasteiger partial charge in [0.25, 0.3) is 0 Å². The highest BCUT2D eigenvalue weighted by Crippen LogP contribution is 2.31. The van der Waals surface area contributed by atoms with Crippen LogP contribution in [0.2, 0.25) is 0 Å². The summed E-state index contributed by atoms with van der Waals surface area (Å²) in [6.45, 7) is 0. The molecule has 0 amide bonds. The molecule has 1 saturated carbocycles. The molecule has 5 nitrogen and oxygen atoms in total. The average Bonchev–Trinajstić information content (AvgIpc) is 2.66. The van der Waals surface area contributed by atoms with E-state index in [1.807, 2.05) is 12.1 Å². The molecule has 0 saturated heterocycles. The largest absolute Gasteiger partial charge is 0.383 e. The summed E-state index contributed by atoms with van der Waals surface area (Å²) in [5.41, 5.74) is 6.21. The van der Waals surface area contributed by atoms with Gasteiger partial charge in [-0.15, -0.1) is 0 Å². The van der Waals surface area contributed by atoms with Crippen LogP contribution in [0, 0.1) is 22.7 Å². The minimum Gasteiger partial charge on any atom is -0.383 e. The van der Waals surface area contributed by atoms with Crippen molar-refractivity contribution < 1.29 is 0 Å². The van der Waals surface area contributed by atoms with Crippen LogP contribution in [0.3, 0.4) is 0 Å². The Labute approximate surface area is 94.1 Å². The van der Waals surface area contributed by atoms with Crippen LogP contribution in [0.25, 0.3) is 0 Å². The Morgan fingerprint density at radius 3 is 2.38 bits per heavy atom. The molecular formula is C11H13N5. The van der Waals surface area contributed by atoms with Crippen molar-refractivity contribution in [3.8, 4) is 12.1 Å². The number of hydrogen-bond donors (Lipinski definition) is 1. The fraction of sp³-hybridized carbons (Fsp3) is 0.545. The predicted molar refractivity (Wildman–Crippen MR) is 58.2 cm³/mol. The lowest BCUT2D eigenvalue weighted by Gasteiger charge is -2.22. The Balaban J connectivity index is 2.38. The van der Waals surface area contributed by atoms with Gasteiger partial charge in [-0.25, -0.2) is 4.68 Å². The molecule has 0 radical (unpaired) electrons. The van der Waals surface area contributed by atoms with Gasteiger partial charge >= 0.3 is 0 Å². The first-order valence-corrected chi connectivity index (χ1v) is 5.46. The normalized spacial score (nSPS) is 16.6. The van der Waals surface area contributed by atoms with E-state index in [0.29, 0.717) is 5.82 Å². The lowest BCUT2D eigenvalue weighted by Crippen LogP contribution is -2.16. The highest BCUT2D eigenvalue weighted by atomic mass is 15.3. The number of aromatic nitrogens is 2. The Hall–Kier alpha value is -2.01. The lowest BCUT2D eigenvalue weighted by molar-refractivity contribution is 0.333. The number of rotatable bonds is 1. The monoisotopic (exact) mass is 215 g/mol. The zero-order valence-electron chi connectivity index (χ0n) is 8.98. The summed E-state index contributed by atoms with van der Waals surface area (Å²) in [7, 11) is 0. The van der Waals surface area contributed by atoms with Crippen LogP contribution in [-0.4, -0.2) is 9.78 Å². The highest BCUT2D eigenvalue weighted by Gasteiger charge is 2.22. The first-order valence-electron chi connectivity index (χ1n) is 5.46. The van der Waals surface area contributed by atoms with E-state index >= 15 is 0 Å². The molecule has 2 N–H and O–H groups in total. The standard InChI is InChI=1S/C11H13N5/c12-6-9-10(7-13)15-16(11(9)14)8-4-2-1-3-5-8/h8H,1-5,14H2. The molecule has 5 heteroatoms. The highest BCUT2D eigenvalue weighted by molar-refractivity contribution is 5.56. The Kier molecular flexibility index (Phi) is 2.78. The van der Waals surface area contributed by atoms with Gasteiger partial charge in [-0.3, -0.25) is 0 Å². The van der Waals surface area contributed by atoms with E-state index in [9.17, 15) is 0 Å². The molecular weight excluding hydrogens is 202 g/mol. The summed E-state index contributed by atoms with van der Waals surface area (Å²) < 4.78 is 1.66. The first kappa shape index (κ1) is 10.5. The number of nitrogen functional groups attached to an aromatic ring is 1. The third-order valence-corrected chi connectivity index (χ3v) is 3.09. The first-order chi connectivity index (χ1) is 7.77. The molecule has 0 aliphatic heterocycles. The molecule has 2 rings (SSSR count). The van der Waals surface area contributed by atoms with Crippen molar-refractivity contribution in [3.05, 3.63) is 11.3 Å². The van der Waals surface area contributed by atoms with Gasteiger partial charge in [-0.05, 0) is 12.8 Å². The number of nitrogens with two attached hydrogens (primary N) is 1. The third-order valence-electron chi connectivity index (χ3n) is 3.09. The van der Waals surface area contributed by atoms with Crippen LogP contribution in [0.15, 0.2) is 0 Å². The van der Waals surface area contributed by atoms with E-state index in [2.05, 4.69) is 5.10 Å². The van der Waals surface area contributed by atoms with Crippen molar-refractivity contribution in [1.82, 2.24) is 9.78 Å². The minimum absolute atomic E-state index is 0.144. The van der Waals surface area contributed by atoms with Gasteiger partial charge in [-0.1, -0.05) is 19.3 Å². The Morgan fingerprint density at radius 1 is 1.19 bits per heavy atom. The SMILES string of the molecule is N#Cc1nn(C2CCCCC2)c(N)c1C#N. The van der Waals surface area contributed by atoms with Crippen LogP contribution in [0.5, 0.6) is 0 Å². The van der Waals surface area contributed by atoms with E-state index < -0.39 is 0 Å². The van der Waals surface area contributed by atoms with Crippen LogP contribution < -0.4 is 5.73 Å². The topological polar surface area (TPSA) is 91.4 Å². The number of nitrogens with zero attached hydrogens (tertiary/aromatic N) is 4. The molecule has 1 fully saturated rings. The fourth-order valence-electron chi connectivity index (χ4n) is 2.24. The van der Waals surface area contributed by atoms with Gasteiger partial charge in [-0.2, -0.15) is 15.6 Å². The fourth-order valence-corrected chi connectivity index (χ4v) is 2.24. The lowest BCUT2D eigenvalue weighted by atomic mass is 9.96. The Morgan fingerprint density at radius 2 is 1.88 bits per heavy atom. The quantitative estimate of drug-likeness (QED) is 0.771. The molecule has 0 unspecified atom stereocenters. The van der Waals surface area contributed by atoms with Gasteiger partial charge in [0.2, 0.25) is 0 Å². The molecule has 0 atom stereocenters. The molecule has 16 heavy (non-hydrogen) atoms. The van der Waals surface area contributed by atoms with Crippen molar-refractivity contribution in [2.45, 2.75) is 38.1 Å². The van der Waals surface area contributed by atoms with Crippen molar-refractivity contribution in [1.29, 1.82) is 10.5 Å². The van der Waals surface area contributed by atoms with Gasteiger partial charge in [0, 0.05) is 0 Å². The molecule has 1 heterocycles.